The molecule has 43 heavy (non-hydrogen) atoms. The van der Waals surface area contributed by atoms with E-state index in [1.807, 2.05) is 46.8 Å². The lowest BCUT2D eigenvalue weighted by Gasteiger charge is -2.39. The molecule has 9 nitrogen and oxygen atoms in total. The summed E-state index contributed by atoms with van der Waals surface area (Å²) in [6, 6.07) is 3.38. The van der Waals surface area contributed by atoms with Crippen molar-refractivity contribution in [2.24, 2.45) is 29.6 Å². The zero-order valence-electron chi connectivity index (χ0n) is 27.2. The van der Waals surface area contributed by atoms with Gasteiger partial charge in [0.15, 0.2) is 0 Å². The number of hydrogen-bond acceptors (Lipinski definition) is 8. The highest BCUT2D eigenvalue weighted by Gasteiger charge is 2.38. The molecule has 0 aromatic heterocycles. The van der Waals surface area contributed by atoms with Crippen LogP contribution in [0, 0.1) is 29.6 Å². The van der Waals surface area contributed by atoms with Crippen LogP contribution in [0.2, 0.25) is 0 Å². The third kappa shape index (κ3) is 8.73. The van der Waals surface area contributed by atoms with Crippen molar-refractivity contribution in [3.05, 3.63) is 35.4 Å². The number of nitrogens with one attached hydrogen (secondary N) is 1. The number of fused-ring (bicyclic) bond motifs is 1. The van der Waals surface area contributed by atoms with E-state index < -0.39 is 30.5 Å². The van der Waals surface area contributed by atoms with Crippen molar-refractivity contribution >= 4 is 11.9 Å². The summed E-state index contributed by atoms with van der Waals surface area (Å²) in [6.45, 7) is 11.9. The van der Waals surface area contributed by atoms with Gasteiger partial charge in [-0.1, -0.05) is 60.1 Å². The summed E-state index contributed by atoms with van der Waals surface area (Å²) in [5, 5.41) is 25.4. The molecule has 2 unspecified atom stereocenters. The van der Waals surface area contributed by atoms with Crippen LogP contribution in [0.3, 0.4) is 0 Å². The molecule has 2 aliphatic rings. The van der Waals surface area contributed by atoms with E-state index in [1.54, 1.807) is 12.1 Å². The maximum atomic E-state index is 13.7. The molecule has 1 aromatic carbocycles. The number of allylic oxidation sites excluding steroid dienone is 1. The minimum atomic E-state index is -0.774. The minimum absolute atomic E-state index is 0.00482. The topological polar surface area (TPSA) is 124 Å². The van der Waals surface area contributed by atoms with Gasteiger partial charge < -0.3 is 34.5 Å². The number of aliphatic hydroxyl groups is 2. The second kappa shape index (κ2) is 15.9. The van der Waals surface area contributed by atoms with E-state index in [9.17, 15) is 19.8 Å². The monoisotopic (exact) mass is 603 g/mol. The fourth-order valence-corrected chi connectivity index (χ4v) is 6.26. The Labute approximate surface area is 257 Å². The Balaban J connectivity index is 1.80. The molecule has 0 saturated carbocycles. The Kier molecular flexibility index (Phi) is 12.9. The van der Waals surface area contributed by atoms with Crippen molar-refractivity contribution in [3.8, 4) is 11.5 Å². The first-order valence-corrected chi connectivity index (χ1v) is 15.8. The molecule has 10 atom stereocenters. The van der Waals surface area contributed by atoms with Crippen LogP contribution in [0.15, 0.2) is 24.3 Å². The maximum absolute atomic E-state index is 13.7. The van der Waals surface area contributed by atoms with Crippen LogP contribution in [-0.4, -0.2) is 67.0 Å². The Bertz CT molecular complexity index is 1110. The highest BCUT2D eigenvalue weighted by Crippen LogP contribution is 2.34. The molecule has 1 fully saturated rings. The van der Waals surface area contributed by atoms with Gasteiger partial charge in [0, 0.05) is 24.3 Å². The summed E-state index contributed by atoms with van der Waals surface area (Å²) < 4.78 is 23.4. The van der Waals surface area contributed by atoms with E-state index in [0.29, 0.717) is 36.3 Å². The molecule has 2 aliphatic heterocycles. The molecule has 3 rings (SSSR count). The first-order chi connectivity index (χ1) is 20.4. The first kappa shape index (κ1) is 34.9. The molecule has 0 radical (unpaired) electrons. The second-order valence-corrected chi connectivity index (χ2v) is 12.7. The van der Waals surface area contributed by atoms with Crippen LogP contribution < -0.4 is 14.8 Å². The molecule has 242 valence electrons. The lowest BCUT2D eigenvalue weighted by molar-refractivity contribution is -0.160. The van der Waals surface area contributed by atoms with Gasteiger partial charge in [-0.2, -0.15) is 0 Å². The molecular weight excluding hydrogens is 550 g/mol. The molecule has 1 saturated heterocycles. The molecule has 0 spiro atoms. The lowest BCUT2D eigenvalue weighted by Crippen LogP contribution is -2.54. The van der Waals surface area contributed by atoms with E-state index in [1.165, 1.54) is 14.2 Å². The summed E-state index contributed by atoms with van der Waals surface area (Å²) in [4.78, 5) is 26.3. The Morgan fingerprint density at radius 2 is 1.77 bits per heavy atom. The van der Waals surface area contributed by atoms with E-state index >= 15 is 0 Å². The number of methoxy groups -OCH3 is 2. The molecule has 9 heteroatoms. The average molecular weight is 604 g/mol. The van der Waals surface area contributed by atoms with Crippen molar-refractivity contribution in [3.63, 3.8) is 0 Å². The van der Waals surface area contributed by atoms with Gasteiger partial charge >= 0.3 is 5.97 Å². The number of amides is 1. The molecule has 2 heterocycles. The number of carbonyl (C=O) groups is 2. The molecule has 3 N–H and O–H groups in total. The number of benzene rings is 1. The van der Waals surface area contributed by atoms with Crippen molar-refractivity contribution in [2.75, 3.05) is 14.2 Å². The van der Waals surface area contributed by atoms with Crippen molar-refractivity contribution in [2.45, 2.75) is 111 Å². The zero-order valence-corrected chi connectivity index (χ0v) is 27.2. The second-order valence-electron chi connectivity index (χ2n) is 12.7. The van der Waals surface area contributed by atoms with Gasteiger partial charge in [-0.25, -0.2) is 4.79 Å². The van der Waals surface area contributed by atoms with E-state index in [-0.39, 0.29) is 53.6 Å². The van der Waals surface area contributed by atoms with Crippen molar-refractivity contribution in [1.29, 1.82) is 0 Å². The predicted molar refractivity (Wildman–Crippen MR) is 165 cm³/mol. The van der Waals surface area contributed by atoms with E-state index in [4.69, 9.17) is 18.9 Å². The fourth-order valence-electron chi connectivity index (χ4n) is 6.26. The van der Waals surface area contributed by atoms with Crippen molar-refractivity contribution < 1.29 is 38.7 Å². The van der Waals surface area contributed by atoms with Crippen LogP contribution in [0.4, 0.5) is 0 Å². The van der Waals surface area contributed by atoms with Crippen molar-refractivity contribution in [1.82, 2.24) is 5.32 Å². The minimum Gasteiger partial charge on any atom is -0.497 e. The van der Waals surface area contributed by atoms with Crippen LogP contribution in [0.5, 0.6) is 11.5 Å². The van der Waals surface area contributed by atoms with Gasteiger partial charge in [0.25, 0.3) is 0 Å². The van der Waals surface area contributed by atoms with Gasteiger partial charge in [0.05, 0.1) is 38.4 Å². The van der Waals surface area contributed by atoms with Crippen LogP contribution in [0.25, 0.3) is 0 Å². The molecule has 1 amide bonds. The summed E-state index contributed by atoms with van der Waals surface area (Å²) in [5.74, 6) is -0.519. The summed E-state index contributed by atoms with van der Waals surface area (Å²) in [5.41, 5.74) is 0.845. The number of esters is 1. The molecule has 1 aromatic rings. The molecule has 0 aliphatic carbocycles. The SMILES string of the molecule is CCC[C@@H]1OC(C(C)C[C@@H](C)[C@@H](O)[C@H](C)[C@@H]2C/C=C\C[C@H](C)[C@H](O)Cc3cc(OC)cc(OC)c3C(=O)O2)NC(=O)[C@@H]1C. The van der Waals surface area contributed by atoms with Crippen LogP contribution in [-0.2, 0) is 20.7 Å². The first-order valence-electron chi connectivity index (χ1n) is 15.8. The van der Waals surface area contributed by atoms with Gasteiger partial charge in [0.1, 0.15) is 29.4 Å². The third-order valence-electron chi connectivity index (χ3n) is 9.32. The normalized spacial score (nSPS) is 30.3. The van der Waals surface area contributed by atoms with Gasteiger partial charge in [-0.05, 0) is 49.1 Å². The zero-order chi connectivity index (χ0) is 31.8. The number of carbonyl (C=O) groups excluding carboxylic acids is 2. The lowest BCUT2D eigenvalue weighted by atomic mass is 9.82. The smallest absolute Gasteiger partial charge is 0.342 e. The standard InChI is InChI=1S/C34H53NO8/c1-9-12-27-23(6)32(38)35-33(42-27)21(4)15-20(3)31(37)22(5)28-14-11-10-13-19(2)26(36)17-24-16-25(40-7)18-29(41-8)30(24)34(39)43-28/h10-11,16,18-23,26-28,31,33,36-37H,9,12-15,17H2,1-8H3,(H,35,38)/b11-10-/t19-,20+,21?,22+,23+,26+,27-,28-,31+,33?/m0/s1. The Morgan fingerprint density at radius 1 is 1.07 bits per heavy atom. The Morgan fingerprint density at radius 3 is 2.42 bits per heavy atom. The number of rotatable bonds is 10. The summed E-state index contributed by atoms with van der Waals surface area (Å²) in [7, 11) is 3.02. The fraction of sp³-hybridized carbons (Fsp3) is 0.706. The number of ether oxygens (including phenoxy) is 4. The molecule has 0 bridgehead atoms. The maximum Gasteiger partial charge on any atom is 0.342 e. The van der Waals surface area contributed by atoms with Gasteiger partial charge in [-0.3, -0.25) is 4.79 Å². The largest absolute Gasteiger partial charge is 0.497 e. The number of hydrogen-bond donors (Lipinski definition) is 3. The molecular formula is C34H53NO8. The highest BCUT2D eigenvalue weighted by molar-refractivity contribution is 5.95. The summed E-state index contributed by atoms with van der Waals surface area (Å²) in [6.07, 6.45) is 5.09. The number of cyclic esters (lactones) is 1. The highest BCUT2D eigenvalue weighted by atomic mass is 16.5. The quantitative estimate of drug-likeness (QED) is 0.251. The predicted octanol–water partition coefficient (Wildman–Crippen LogP) is 5.06. The Hall–Kier alpha value is -2.62. The average Bonchev–Trinajstić information content (AvgIpc) is 2.98. The van der Waals surface area contributed by atoms with E-state index in [0.717, 1.165) is 12.8 Å². The van der Waals surface area contributed by atoms with Gasteiger partial charge in [-0.15, -0.1) is 0 Å². The third-order valence-corrected chi connectivity index (χ3v) is 9.32. The van der Waals surface area contributed by atoms with Crippen LogP contribution >= 0.6 is 0 Å². The van der Waals surface area contributed by atoms with Gasteiger partial charge in [0.2, 0.25) is 5.91 Å². The summed E-state index contributed by atoms with van der Waals surface area (Å²) >= 11 is 0. The van der Waals surface area contributed by atoms with E-state index in [2.05, 4.69) is 12.2 Å². The number of aliphatic hydroxyl groups excluding tert-OH is 2. The van der Waals surface area contributed by atoms with Crippen LogP contribution in [0.1, 0.15) is 89.6 Å².